The lowest BCUT2D eigenvalue weighted by Gasteiger charge is -2.21. The van der Waals surface area contributed by atoms with Gasteiger partial charge in [-0.15, -0.1) is 0 Å². The van der Waals surface area contributed by atoms with Crippen LogP contribution in [-0.4, -0.2) is 36.2 Å². The number of halogens is 5. The highest BCUT2D eigenvalue weighted by molar-refractivity contribution is 5.93. The van der Waals surface area contributed by atoms with Crippen molar-refractivity contribution in [3.05, 3.63) is 70.8 Å². The molecule has 1 saturated heterocycles. The summed E-state index contributed by atoms with van der Waals surface area (Å²) in [6, 6.07) is 5.97. The largest absolute Gasteiger partial charge is 0.416 e. The normalized spacial score (nSPS) is 17.1. The molecule has 2 N–H and O–H groups in total. The average molecular weight is 469 g/mol. The second-order valence-electron chi connectivity index (χ2n) is 7.60. The fourth-order valence-electron chi connectivity index (χ4n) is 3.56. The van der Waals surface area contributed by atoms with E-state index in [1.807, 2.05) is 0 Å². The van der Waals surface area contributed by atoms with Crippen LogP contribution in [-0.2, 0) is 27.1 Å². The highest BCUT2D eigenvalue weighted by Gasteiger charge is 2.37. The van der Waals surface area contributed by atoms with E-state index >= 15 is 0 Å². The van der Waals surface area contributed by atoms with Gasteiger partial charge >= 0.3 is 6.18 Å². The summed E-state index contributed by atoms with van der Waals surface area (Å²) in [5, 5.41) is 4.76. The number of alkyl halides is 3. The van der Waals surface area contributed by atoms with Gasteiger partial charge in [0, 0.05) is 26.6 Å². The predicted octanol–water partition coefficient (Wildman–Crippen LogP) is 2.94. The molecule has 6 nitrogen and oxygen atoms in total. The zero-order valence-corrected chi connectivity index (χ0v) is 17.4. The van der Waals surface area contributed by atoms with Crippen LogP contribution in [0.4, 0.5) is 22.0 Å². The van der Waals surface area contributed by atoms with Gasteiger partial charge in [0.05, 0.1) is 11.5 Å². The van der Waals surface area contributed by atoms with Crippen molar-refractivity contribution in [1.82, 2.24) is 15.5 Å². The molecule has 1 fully saturated rings. The van der Waals surface area contributed by atoms with Crippen LogP contribution in [0.2, 0.25) is 0 Å². The van der Waals surface area contributed by atoms with Gasteiger partial charge in [-0.2, -0.15) is 13.2 Å². The van der Waals surface area contributed by atoms with Crippen molar-refractivity contribution in [3.8, 4) is 0 Å². The van der Waals surface area contributed by atoms with E-state index < -0.39 is 53.1 Å². The molecular weight excluding hydrogens is 449 g/mol. The lowest BCUT2D eigenvalue weighted by atomic mass is 10.0. The van der Waals surface area contributed by atoms with Crippen LogP contribution in [0.5, 0.6) is 0 Å². The first-order valence-electron chi connectivity index (χ1n) is 9.90. The van der Waals surface area contributed by atoms with Gasteiger partial charge in [-0.05, 0) is 35.4 Å². The van der Waals surface area contributed by atoms with E-state index in [9.17, 15) is 36.3 Å². The van der Waals surface area contributed by atoms with E-state index in [0.717, 1.165) is 30.3 Å². The second kappa shape index (κ2) is 9.55. The van der Waals surface area contributed by atoms with Gasteiger partial charge in [-0.1, -0.05) is 18.2 Å². The van der Waals surface area contributed by atoms with Crippen molar-refractivity contribution in [2.75, 3.05) is 13.6 Å². The summed E-state index contributed by atoms with van der Waals surface area (Å²) in [6.45, 7) is -0.187. The molecule has 1 heterocycles. The monoisotopic (exact) mass is 469 g/mol. The van der Waals surface area contributed by atoms with Crippen LogP contribution in [0.1, 0.15) is 29.2 Å². The van der Waals surface area contributed by atoms with Crippen molar-refractivity contribution < 1.29 is 36.3 Å². The summed E-state index contributed by atoms with van der Waals surface area (Å²) in [7, 11) is 1.30. The smallest absolute Gasteiger partial charge is 0.357 e. The SMILES string of the molecule is CNC(=O)C(NC(=O)C1CC(=O)N(Cc2cccc(C(F)(F)F)c2)C1)c1ccc(F)c(F)c1. The molecule has 3 rings (SSSR count). The van der Waals surface area contributed by atoms with Crippen molar-refractivity contribution >= 4 is 17.7 Å². The van der Waals surface area contributed by atoms with Crippen molar-refractivity contribution in [2.24, 2.45) is 5.92 Å². The molecule has 1 aliphatic rings. The molecule has 3 amide bonds. The number of rotatable bonds is 6. The molecule has 176 valence electrons. The molecule has 0 aromatic heterocycles. The van der Waals surface area contributed by atoms with E-state index in [0.29, 0.717) is 0 Å². The molecule has 0 radical (unpaired) electrons. The first-order chi connectivity index (χ1) is 15.5. The zero-order chi connectivity index (χ0) is 24.3. The first-order valence-corrected chi connectivity index (χ1v) is 9.90. The third kappa shape index (κ3) is 5.65. The van der Waals surface area contributed by atoms with Crippen LogP contribution in [0.25, 0.3) is 0 Å². The molecule has 0 bridgehead atoms. The van der Waals surface area contributed by atoms with Crippen LogP contribution in [0, 0.1) is 17.6 Å². The Hall–Kier alpha value is -3.50. The molecule has 2 aromatic rings. The number of nitrogens with zero attached hydrogens (tertiary/aromatic N) is 1. The Kier molecular flexibility index (Phi) is 6.99. The summed E-state index contributed by atoms with van der Waals surface area (Å²) in [4.78, 5) is 38.6. The van der Waals surface area contributed by atoms with Crippen molar-refractivity contribution in [3.63, 3.8) is 0 Å². The maximum absolute atomic E-state index is 13.6. The number of nitrogens with one attached hydrogen (secondary N) is 2. The molecule has 0 spiro atoms. The number of carbonyl (C=O) groups excluding carboxylic acids is 3. The standard InChI is InChI=1S/C22H20F5N3O3/c1-28-21(33)19(13-5-6-16(23)17(24)8-13)29-20(32)14-9-18(31)30(11-14)10-12-3-2-4-15(7-12)22(25,26)27/h2-8,14,19H,9-11H2,1H3,(H,28,33)(H,29,32). The van der Waals surface area contributed by atoms with Gasteiger partial charge in [-0.25, -0.2) is 8.78 Å². The molecule has 0 aliphatic carbocycles. The molecular formula is C22H20F5N3O3. The van der Waals surface area contributed by atoms with Gasteiger partial charge in [0.2, 0.25) is 17.7 Å². The molecule has 0 saturated carbocycles. The summed E-state index contributed by atoms with van der Waals surface area (Å²) >= 11 is 0. The number of hydrogen-bond donors (Lipinski definition) is 2. The summed E-state index contributed by atoms with van der Waals surface area (Å²) in [5.74, 6) is -4.98. The Morgan fingerprint density at radius 1 is 1.12 bits per heavy atom. The number of likely N-dealkylation sites (tertiary alicyclic amines) is 1. The predicted molar refractivity (Wildman–Crippen MR) is 106 cm³/mol. The number of carbonyl (C=O) groups is 3. The van der Waals surface area contributed by atoms with E-state index in [1.54, 1.807) is 0 Å². The minimum absolute atomic E-state index is 0.00625. The third-order valence-corrected chi connectivity index (χ3v) is 5.29. The van der Waals surface area contributed by atoms with Gasteiger partial charge in [0.15, 0.2) is 11.6 Å². The molecule has 2 aromatic carbocycles. The zero-order valence-electron chi connectivity index (χ0n) is 17.4. The lowest BCUT2D eigenvalue weighted by molar-refractivity contribution is -0.137. The van der Waals surface area contributed by atoms with Gasteiger partial charge < -0.3 is 15.5 Å². The minimum Gasteiger partial charge on any atom is -0.357 e. The Balaban J connectivity index is 1.71. The second-order valence-corrected chi connectivity index (χ2v) is 7.60. The molecule has 11 heteroatoms. The maximum Gasteiger partial charge on any atom is 0.416 e. The lowest BCUT2D eigenvalue weighted by Crippen LogP contribution is -2.42. The number of amides is 3. The van der Waals surface area contributed by atoms with Crippen molar-refractivity contribution in [1.29, 1.82) is 0 Å². The van der Waals surface area contributed by atoms with E-state index in [1.165, 1.54) is 24.1 Å². The van der Waals surface area contributed by atoms with Crippen LogP contribution >= 0.6 is 0 Å². The quantitative estimate of drug-likeness (QED) is 0.639. The van der Waals surface area contributed by atoms with Gasteiger partial charge in [-0.3, -0.25) is 14.4 Å². The number of hydrogen-bond acceptors (Lipinski definition) is 3. The average Bonchev–Trinajstić information content (AvgIpc) is 3.13. The van der Waals surface area contributed by atoms with Crippen molar-refractivity contribution in [2.45, 2.75) is 25.2 Å². The Labute approximate surface area is 185 Å². The summed E-state index contributed by atoms with van der Waals surface area (Å²) in [5.41, 5.74) is -0.586. The highest BCUT2D eigenvalue weighted by Crippen LogP contribution is 2.30. The van der Waals surface area contributed by atoms with E-state index in [4.69, 9.17) is 0 Å². The fraction of sp³-hybridized carbons (Fsp3) is 0.318. The number of likely N-dealkylation sites (N-methyl/N-ethyl adjacent to an activating group) is 1. The minimum atomic E-state index is -4.53. The van der Waals surface area contributed by atoms with E-state index in [-0.39, 0.29) is 30.6 Å². The fourth-order valence-corrected chi connectivity index (χ4v) is 3.56. The summed E-state index contributed by atoms with van der Waals surface area (Å²) in [6.07, 6.45) is -4.73. The highest BCUT2D eigenvalue weighted by atomic mass is 19.4. The maximum atomic E-state index is 13.6. The topological polar surface area (TPSA) is 78.5 Å². The Bertz CT molecular complexity index is 1070. The Morgan fingerprint density at radius 2 is 1.85 bits per heavy atom. The molecule has 2 atom stereocenters. The van der Waals surface area contributed by atoms with E-state index in [2.05, 4.69) is 10.6 Å². The number of benzene rings is 2. The van der Waals surface area contributed by atoms with Crippen LogP contribution in [0.3, 0.4) is 0 Å². The molecule has 33 heavy (non-hydrogen) atoms. The van der Waals surface area contributed by atoms with Gasteiger partial charge in [0.1, 0.15) is 6.04 Å². The Morgan fingerprint density at radius 3 is 2.48 bits per heavy atom. The third-order valence-electron chi connectivity index (χ3n) is 5.29. The van der Waals surface area contributed by atoms with Crippen LogP contribution in [0.15, 0.2) is 42.5 Å². The van der Waals surface area contributed by atoms with Gasteiger partial charge in [0.25, 0.3) is 0 Å². The van der Waals surface area contributed by atoms with Crippen LogP contribution < -0.4 is 10.6 Å². The first kappa shape index (κ1) is 24.1. The summed E-state index contributed by atoms with van der Waals surface area (Å²) < 4.78 is 65.6. The molecule has 1 aliphatic heterocycles. The molecule has 2 unspecified atom stereocenters.